The first-order chi connectivity index (χ1) is 7.92. The van der Waals surface area contributed by atoms with E-state index in [9.17, 15) is 0 Å². The molecule has 2 aliphatic rings. The van der Waals surface area contributed by atoms with Crippen molar-refractivity contribution in [2.45, 2.75) is 25.3 Å². The zero-order chi connectivity index (χ0) is 10.8. The van der Waals surface area contributed by atoms with Gasteiger partial charge in [0.15, 0.2) is 0 Å². The molecule has 1 unspecified atom stereocenters. The van der Waals surface area contributed by atoms with Crippen LogP contribution in [-0.2, 0) is 6.42 Å². The Morgan fingerprint density at radius 1 is 1.38 bits per heavy atom. The molecule has 2 saturated heterocycles. The van der Waals surface area contributed by atoms with E-state index in [0.29, 0.717) is 0 Å². The molecular formula is C12H19N3S. The van der Waals surface area contributed by atoms with Crippen LogP contribution in [0.4, 0.5) is 0 Å². The molecule has 1 atom stereocenters. The second-order valence-electron chi connectivity index (χ2n) is 4.81. The molecule has 3 nitrogen and oxygen atoms in total. The van der Waals surface area contributed by atoms with Crippen LogP contribution in [0.5, 0.6) is 0 Å². The molecule has 0 aliphatic carbocycles. The van der Waals surface area contributed by atoms with Crippen molar-refractivity contribution in [2.24, 2.45) is 0 Å². The standard InChI is InChI=1S/C12H19N3S/c1-2-11-10-14(7-8-15(11)5-1)6-3-12-13-4-9-16-12/h4,9,11H,1-3,5-8,10H2. The van der Waals surface area contributed by atoms with Crippen molar-refractivity contribution in [1.82, 2.24) is 14.8 Å². The zero-order valence-electron chi connectivity index (χ0n) is 9.64. The van der Waals surface area contributed by atoms with Crippen molar-refractivity contribution >= 4 is 11.3 Å². The van der Waals surface area contributed by atoms with E-state index < -0.39 is 0 Å². The average molecular weight is 237 g/mol. The maximum Gasteiger partial charge on any atom is 0.0937 e. The first-order valence-corrected chi connectivity index (χ1v) is 7.14. The molecule has 0 amide bonds. The summed E-state index contributed by atoms with van der Waals surface area (Å²) in [5, 5.41) is 3.36. The summed E-state index contributed by atoms with van der Waals surface area (Å²) in [6.07, 6.45) is 5.86. The van der Waals surface area contributed by atoms with Crippen LogP contribution in [0.15, 0.2) is 11.6 Å². The largest absolute Gasteiger partial charge is 0.300 e. The van der Waals surface area contributed by atoms with Gasteiger partial charge in [-0.1, -0.05) is 0 Å². The molecule has 2 aliphatic heterocycles. The monoisotopic (exact) mass is 237 g/mol. The lowest BCUT2D eigenvalue weighted by molar-refractivity contribution is 0.105. The lowest BCUT2D eigenvalue weighted by atomic mass is 10.1. The predicted octanol–water partition coefficient (Wildman–Crippen LogP) is 1.47. The minimum Gasteiger partial charge on any atom is -0.300 e. The van der Waals surface area contributed by atoms with Gasteiger partial charge in [-0.25, -0.2) is 4.98 Å². The maximum atomic E-state index is 4.35. The average Bonchev–Trinajstić information content (AvgIpc) is 2.97. The fraction of sp³-hybridized carbons (Fsp3) is 0.750. The fourth-order valence-electron chi connectivity index (χ4n) is 2.89. The van der Waals surface area contributed by atoms with Crippen molar-refractivity contribution in [1.29, 1.82) is 0 Å². The van der Waals surface area contributed by atoms with Gasteiger partial charge in [-0.05, 0) is 19.4 Å². The second-order valence-corrected chi connectivity index (χ2v) is 5.79. The van der Waals surface area contributed by atoms with E-state index in [2.05, 4.69) is 20.2 Å². The first kappa shape index (κ1) is 10.7. The number of thiazole rings is 1. The van der Waals surface area contributed by atoms with Crippen LogP contribution in [0.25, 0.3) is 0 Å². The van der Waals surface area contributed by atoms with Gasteiger partial charge < -0.3 is 4.90 Å². The second kappa shape index (κ2) is 4.82. The van der Waals surface area contributed by atoms with Crippen LogP contribution < -0.4 is 0 Å². The van der Waals surface area contributed by atoms with Gasteiger partial charge >= 0.3 is 0 Å². The van der Waals surface area contributed by atoms with E-state index in [4.69, 9.17) is 0 Å². The Bertz CT molecular complexity index is 325. The highest BCUT2D eigenvalue weighted by atomic mass is 32.1. The quantitative estimate of drug-likeness (QED) is 0.793. The van der Waals surface area contributed by atoms with Gasteiger partial charge in [-0.3, -0.25) is 4.90 Å². The Hall–Kier alpha value is -0.450. The minimum absolute atomic E-state index is 0.852. The van der Waals surface area contributed by atoms with Crippen molar-refractivity contribution < 1.29 is 0 Å². The summed E-state index contributed by atoms with van der Waals surface area (Å²) in [7, 11) is 0. The summed E-state index contributed by atoms with van der Waals surface area (Å²) in [6, 6.07) is 0.852. The maximum absolute atomic E-state index is 4.35. The lowest BCUT2D eigenvalue weighted by Gasteiger charge is -2.37. The first-order valence-electron chi connectivity index (χ1n) is 6.26. The topological polar surface area (TPSA) is 19.4 Å². The number of rotatable bonds is 3. The fourth-order valence-corrected chi connectivity index (χ4v) is 3.50. The van der Waals surface area contributed by atoms with Gasteiger partial charge in [0.25, 0.3) is 0 Å². The summed E-state index contributed by atoms with van der Waals surface area (Å²) in [6.45, 7) is 6.35. The number of fused-ring (bicyclic) bond motifs is 1. The van der Waals surface area contributed by atoms with Crippen molar-refractivity contribution in [2.75, 3.05) is 32.7 Å². The predicted molar refractivity (Wildman–Crippen MR) is 66.9 cm³/mol. The Morgan fingerprint density at radius 3 is 3.25 bits per heavy atom. The third-order valence-corrected chi connectivity index (χ3v) is 4.64. The van der Waals surface area contributed by atoms with Crippen LogP contribution in [0.2, 0.25) is 0 Å². The SMILES string of the molecule is c1csc(CCN2CCN3CCCC3C2)n1. The molecule has 0 aromatic carbocycles. The zero-order valence-corrected chi connectivity index (χ0v) is 10.5. The molecule has 3 rings (SSSR count). The van der Waals surface area contributed by atoms with Crippen molar-refractivity contribution in [3.05, 3.63) is 16.6 Å². The molecule has 16 heavy (non-hydrogen) atoms. The van der Waals surface area contributed by atoms with Gasteiger partial charge in [-0.2, -0.15) is 0 Å². The smallest absolute Gasteiger partial charge is 0.0937 e. The van der Waals surface area contributed by atoms with Crippen LogP contribution in [0.3, 0.4) is 0 Å². The molecule has 0 radical (unpaired) electrons. The molecule has 4 heteroatoms. The number of aromatic nitrogens is 1. The molecule has 1 aromatic heterocycles. The van der Waals surface area contributed by atoms with E-state index in [0.717, 1.165) is 12.5 Å². The highest BCUT2D eigenvalue weighted by molar-refractivity contribution is 7.09. The summed E-state index contributed by atoms with van der Waals surface area (Å²) in [4.78, 5) is 9.63. The van der Waals surface area contributed by atoms with E-state index in [1.165, 1.54) is 50.6 Å². The third-order valence-electron chi connectivity index (χ3n) is 3.80. The summed E-state index contributed by atoms with van der Waals surface area (Å²) in [5.74, 6) is 0. The van der Waals surface area contributed by atoms with E-state index in [1.807, 2.05) is 6.20 Å². The molecule has 0 N–H and O–H groups in total. The van der Waals surface area contributed by atoms with Crippen LogP contribution in [-0.4, -0.2) is 53.5 Å². The van der Waals surface area contributed by atoms with Gasteiger partial charge in [0.2, 0.25) is 0 Å². The van der Waals surface area contributed by atoms with Crippen LogP contribution in [0.1, 0.15) is 17.8 Å². The molecule has 0 bridgehead atoms. The van der Waals surface area contributed by atoms with Gasteiger partial charge in [-0.15, -0.1) is 11.3 Å². The third kappa shape index (κ3) is 2.29. The van der Waals surface area contributed by atoms with Crippen molar-refractivity contribution in [3.63, 3.8) is 0 Å². The van der Waals surface area contributed by atoms with Crippen molar-refractivity contribution in [3.8, 4) is 0 Å². The summed E-state index contributed by atoms with van der Waals surface area (Å²) >= 11 is 1.78. The molecule has 0 saturated carbocycles. The number of piperazine rings is 1. The Balaban J connectivity index is 1.49. The molecule has 2 fully saturated rings. The van der Waals surface area contributed by atoms with Gasteiger partial charge in [0.1, 0.15) is 0 Å². The Labute approximate surface area is 101 Å². The van der Waals surface area contributed by atoms with Crippen LogP contribution in [0, 0.1) is 0 Å². The van der Waals surface area contributed by atoms with Crippen LogP contribution >= 0.6 is 11.3 Å². The molecule has 3 heterocycles. The summed E-state index contributed by atoms with van der Waals surface area (Å²) < 4.78 is 0. The van der Waals surface area contributed by atoms with E-state index >= 15 is 0 Å². The number of hydrogen-bond donors (Lipinski definition) is 0. The van der Waals surface area contributed by atoms with Gasteiger partial charge in [0, 0.05) is 50.2 Å². The highest BCUT2D eigenvalue weighted by Crippen LogP contribution is 2.21. The normalized spacial score (nSPS) is 27.1. The summed E-state index contributed by atoms with van der Waals surface area (Å²) in [5.41, 5.74) is 0. The molecule has 88 valence electrons. The molecular weight excluding hydrogens is 218 g/mol. The Kier molecular flexibility index (Phi) is 3.22. The van der Waals surface area contributed by atoms with E-state index in [-0.39, 0.29) is 0 Å². The minimum atomic E-state index is 0.852. The lowest BCUT2D eigenvalue weighted by Crippen LogP contribution is -2.50. The number of hydrogen-bond acceptors (Lipinski definition) is 4. The van der Waals surface area contributed by atoms with Gasteiger partial charge in [0.05, 0.1) is 5.01 Å². The molecule has 0 spiro atoms. The number of nitrogens with zero attached hydrogens (tertiary/aromatic N) is 3. The van der Waals surface area contributed by atoms with E-state index in [1.54, 1.807) is 11.3 Å². The molecule has 1 aromatic rings. The highest BCUT2D eigenvalue weighted by Gasteiger charge is 2.30. The Morgan fingerprint density at radius 2 is 2.38 bits per heavy atom.